The molecule has 0 fully saturated rings. The van der Waals surface area contributed by atoms with Crippen molar-refractivity contribution in [1.82, 2.24) is 25.2 Å². The van der Waals surface area contributed by atoms with Crippen molar-refractivity contribution < 1.29 is 23.9 Å². The van der Waals surface area contributed by atoms with Crippen LogP contribution in [-0.2, 0) is 31.9 Å². The fourth-order valence-corrected chi connectivity index (χ4v) is 3.62. The summed E-state index contributed by atoms with van der Waals surface area (Å²) in [6.07, 6.45) is 4.54. The van der Waals surface area contributed by atoms with Crippen molar-refractivity contribution >= 4 is 41.2 Å². The molecule has 3 N–H and O–H groups in total. The average molecular weight is 511 g/mol. The third-order valence-electron chi connectivity index (χ3n) is 5.58. The molecule has 196 valence electrons. The van der Waals surface area contributed by atoms with Crippen LogP contribution in [0, 0.1) is 0 Å². The summed E-state index contributed by atoms with van der Waals surface area (Å²) < 4.78 is 9.31. The highest BCUT2D eigenvalue weighted by Gasteiger charge is 2.23. The predicted molar refractivity (Wildman–Crippen MR) is 137 cm³/mol. The molecule has 1 aromatic carbocycles. The van der Waals surface area contributed by atoms with E-state index >= 15 is 0 Å². The number of nitrogens with one attached hydrogen (secondary N) is 3. The number of hydrogen-bond acceptors (Lipinski definition) is 8. The maximum Gasteiger partial charge on any atom is 0.328 e. The molecule has 0 saturated heterocycles. The number of H-pyrrole nitrogens is 2. The zero-order valence-electron chi connectivity index (χ0n) is 21.2. The van der Waals surface area contributed by atoms with Crippen LogP contribution in [-0.4, -0.2) is 78.4 Å². The lowest BCUT2D eigenvalue weighted by Crippen LogP contribution is -2.41. The normalized spacial score (nSPS) is 11.9. The molecular weight excluding hydrogens is 480 g/mol. The Labute approximate surface area is 213 Å². The Hall–Kier alpha value is -4.48. The first-order valence-electron chi connectivity index (χ1n) is 11.6. The van der Waals surface area contributed by atoms with E-state index in [2.05, 4.69) is 30.0 Å². The van der Waals surface area contributed by atoms with E-state index in [1.54, 1.807) is 29.6 Å². The number of aromatic amines is 2. The van der Waals surface area contributed by atoms with Gasteiger partial charge in [-0.25, -0.2) is 9.79 Å². The largest absolute Gasteiger partial charge is 0.469 e. The molecule has 0 aliphatic rings. The Kier molecular flexibility index (Phi) is 9.14. The molecule has 12 heteroatoms. The summed E-state index contributed by atoms with van der Waals surface area (Å²) in [6, 6.07) is 5.94. The highest BCUT2D eigenvalue weighted by molar-refractivity contribution is 5.96. The summed E-state index contributed by atoms with van der Waals surface area (Å²) >= 11 is 0. The van der Waals surface area contributed by atoms with Crippen molar-refractivity contribution in [2.75, 3.05) is 28.3 Å². The number of aryl methyl sites for hydroxylation is 2. The first kappa shape index (κ1) is 27.1. The summed E-state index contributed by atoms with van der Waals surface area (Å²) in [5.74, 6) is -1.38. The molecule has 1 atom stereocenters. The van der Waals surface area contributed by atoms with E-state index in [1.807, 2.05) is 26.2 Å². The lowest BCUT2D eigenvalue weighted by atomic mass is 10.0. The van der Waals surface area contributed by atoms with Gasteiger partial charge >= 0.3 is 11.9 Å². The van der Waals surface area contributed by atoms with Crippen molar-refractivity contribution in [1.29, 1.82) is 0 Å². The maximum atomic E-state index is 12.6. The zero-order chi connectivity index (χ0) is 26.9. The molecule has 0 aliphatic carbocycles. The Morgan fingerprint density at radius 1 is 1.14 bits per heavy atom. The summed E-state index contributed by atoms with van der Waals surface area (Å²) in [4.78, 5) is 64.6. The highest BCUT2D eigenvalue weighted by Crippen LogP contribution is 2.17. The van der Waals surface area contributed by atoms with Gasteiger partial charge in [-0.2, -0.15) is 4.98 Å². The molecule has 0 bridgehead atoms. The Balaban J connectivity index is 1.64. The number of aromatic nitrogens is 3. The number of ether oxygens (including phenoxy) is 2. The lowest BCUT2D eigenvalue weighted by molar-refractivity contribution is -0.144. The van der Waals surface area contributed by atoms with Crippen LogP contribution in [0.5, 0.6) is 0 Å². The van der Waals surface area contributed by atoms with Gasteiger partial charge in [0.15, 0.2) is 0 Å². The third kappa shape index (κ3) is 7.26. The number of esters is 2. The quantitative estimate of drug-likeness (QED) is 0.199. The molecule has 2 aromatic heterocycles. The first-order valence-corrected chi connectivity index (χ1v) is 11.6. The van der Waals surface area contributed by atoms with Crippen LogP contribution in [0.2, 0.25) is 0 Å². The molecular formula is C25H30N6O6. The van der Waals surface area contributed by atoms with Gasteiger partial charge in [0.2, 0.25) is 5.95 Å². The molecule has 3 rings (SSSR count). The third-order valence-corrected chi connectivity index (χ3v) is 5.58. The standard InChI is InChI=1S/C25H30N6O6/c1-31(2)14-27-25-29-21-20(23(34)30-25)17(13-26-21)10-7-15-5-8-16(9-6-15)22(33)28-18(24(35)37-4)11-12-19(32)36-3/h5-6,8-9,13-14,18H,7,10-12H2,1-4H3,(H,28,33)(H2,26,29,30,34)/b27-14-. The van der Waals surface area contributed by atoms with Gasteiger partial charge < -0.3 is 24.7 Å². The van der Waals surface area contributed by atoms with E-state index in [4.69, 9.17) is 4.74 Å². The smallest absolute Gasteiger partial charge is 0.328 e. The Morgan fingerprint density at radius 3 is 2.51 bits per heavy atom. The number of aliphatic imine (C=N–C) groups is 1. The van der Waals surface area contributed by atoms with E-state index in [0.717, 1.165) is 11.1 Å². The minimum atomic E-state index is -0.973. The van der Waals surface area contributed by atoms with Gasteiger partial charge in [-0.15, -0.1) is 0 Å². The number of benzene rings is 1. The minimum Gasteiger partial charge on any atom is -0.469 e. The molecule has 0 saturated carbocycles. The zero-order valence-corrected chi connectivity index (χ0v) is 21.2. The van der Waals surface area contributed by atoms with Crippen LogP contribution in [0.1, 0.15) is 34.3 Å². The summed E-state index contributed by atoms with van der Waals surface area (Å²) in [5, 5.41) is 3.09. The van der Waals surface area contributed by atoms with Crippen molar-refractivity contribution in [3.05, 3.63) is 57.5 Å². The van der Waals surface area contributed by atoms with E-state index in [-0.39, 0.29) is 24.3 Å². The molecule has 0 radical (unpaired) electrons. The molecule has 0 spiro atoms. The highest BCUT2D eigenvalue weighted by atomic mass is 16.5. The second-order valence-corrected chi connectivity index (χ2v) is 8.50. The van der Waals surface area contributed by atoms with E-state index in [0.29, 0.717) is 29.4 Å². The minimum absolute atomic E-state index is 0.0354. The molecule has 1 unspecified atom stereocenters. The SMILES string of the molecule is COC(=O)CCC(NC(=O)c1ccc(CCc2c[nH]c3nc(/N=C\N(C)C)[nH]c(=O)c23)cc1)C(=O)OC. The van der Waals surface area contributed by atoms with E-state index in [1.165, 1.54) is 14.2 Å². The number of rotatable bonds is 11. The van der Waals surface area contributed by atoms with Crippen LogP contribution in [0.25, 0.3) is 11.0 Å². The molecule has 37 heavy (non-hydrogen) atoms. The number of nitrogens with zero attached hydrogens (tertiary/aromatic N) is 3. The van der Waals surface area contributed by atoms with Crippen molar-refractivity contribution in [2.45, 2.75) is 31.7 Å². The van der Waals surface area contributed by atoms with Gasteiger partial charge in [0.1, 0.15) is 11.7 Å². The lowest BCUT2D eigenvalue weighted by Gasteiger charge is -2.16. The Morgan fingerprint density at radius 2 is 1.86 bits per heavy atom. The van der Waals surface area contributed by atoms with Gasteiger partial charge in [0, 0.05) is 32.3 Å². The number of methoxy groups -OCH3 is 2. The number of hydrogen-bond donors (Lipinski definition) is 3. The van der Waals surface area contributed by atoms with Gasteiger partial charge in [-0.3, -0.25) is 19.4 Å². The first-order chi connectivity index (χ1) is 17.7. The number of amides is 1. The van der Waals surface area contributed by atoms with Gasteiger partial charge in [0.05, 0.1) is 25.9 Å². The van der Waals surface area contributed by atoms with Crippen LogP contribution in [0.4, 0.5) is 5.95 Å². The monoisotopic (exact) mass is 510 g/mol. The van der Waals surface area contributed by atoms with Gasteiger partial charge in [0.25, 0.3) is 11.5 Å². The molecule has 12 nitrogen and oxygen atoms in total. The molecule has 3 aromatic rings. The second kappa shape index (κ2) is 12.5. The molecule has 2 heterocycles. The van der Waals surface area contributed by atoms with Crippen LogP contribution in [0.15, 0.2) is 40.2 Å². The average Bonchev–Trinajstić information content (AvgIpc) is 3.31. The van der Waals surface area contributed by atoms with E-state index < -0.39 is 23.9 Å². The van der Waals surface area contributed by atoms with Crippen molar-refractivity contribution in [2.24, 2.45) is 4.99 Å². The number of fused-ring (bicyclic) bond motifs is 1. The Bertz CT molecular complexity index is 1340. The topological polar surface area (TPSA) is 159 Å². The summed E-state index contributed by atoms with van der Waals surface area (Å²) in [6.45, 7) is 0. The predicted octanol–water partition coefficient (Wildman–Crippen LogP) is 1.48. The summed E-state index contributed by atoms with van der Waals surface area (Å²) in [7, 11) is 6.10. The molecule has 1 amide bonds. The number of carbonyl (C=O) groups excluding carboxylic acids is 3. The van der Waals surface area contributed by atoms with Crippen LogP contribution < -0.4 is 10.9 Å². The van der Waals surface area contributed by atoms with Crippen molar-refractivity contribution in [3.8, 4) is 0 Å². The van der Waals surface area contributed by atoms with Gasteiger partial charge in [-0.1, -0.05) is 12.1 Å². The molecule has 0 aliphatic heterocycles. The fraction of sp³-hybridized carbons (Fsp3) is 0.360. The van der Waals surface area contributed by atoms with Gasteiger partial charge in [-0.05, 0) is 42.5 Å². The maximum absolute atomic E-state index is 12.6. The van der Waals surface area contributed by atoms with Crippen LogP contribution >= 0.6 is 0 Å². The van der Waals surface area contributed by atoms with Crippen LogP contribution in [0.3, 0.4) is 0 Å². The number of carbonyl (C=O) groups is 3. The fourth-order valence-electron chi connectivity index (χ4n) is 3.62. The second-order valence-electron chi connectivity index (χ2n) is 8.50. The van der Waals surface area contributed by atoms with Crippen molar-refractivity contribution in [3.63, 3.8) is 0 Å². The summed E-state index contributed by atoms with van der Waals surface area (Å²) in [5.41, 5.74) is 2.32. The van der Waals surface area contributed by atoms with E-state index in [9.17, 15) is 19.2 Å².